The van der Waals surface area contributed by atoms with Gasteiger partial charge in [0.1, 0.15) is 23.9 Å². The molecule has 1 aliphatic heterocycles. The van der Waals surface area contributed by atoms with Gasteiger partial charge >= 0.3 is 22.4 Å². The second-order valence-corrected chi connectivity index (χ2v) is 9.75. The van der Waals surface area contributed by atoms with E-state index in [1.165, 1.54) is 0 Å². The number of ether oxygens (including phenoxy) is 2. The molecule has 1 aromatic rings. The van der Waals surface area contributed by atoms with E-state index < -0.39 is 61.9 Å². The summed E-state index contributed by atoms with van der Waals surface area (Å²) in [6, 6.07) is 0.0936. The first kappa shape index (κ1) is 25.8. The molecule has 17 heteroatoms. The molecule has 0 saturated carbocycles. The molecule has 7 nitrogen and oxygen atoms in total. The van der Waals surface area contributed by atoms with Gasteiger partial charge in [0.2, 0.25) is 6.10 Å². The van der Waals surface area contributed by atoms with Crippen LogP contribution < -0.4 is 4.74 Å². The summed E-state index contributed by atoms with van der Waals surface area (Å²) in [5.41, 5.74) is -2.04. The number of rotatable bonds is 9. The zero-order chi connectivity index (χ0) is 24.4. The van der Waals surface area contributed by atoms with Crippen LogP contribution in [0.25, 0.3) is 6.08 Å². The minimum atomic E-state index is -10.1. The van der Waals surface area contributed by atoms with Crippen LogP contribution in [0.4, 0.5) is 32.6 Å². The minimum absolute atomic E-state index is 0.00257. The summed E-state index contributed by atoms with van der Waals surface area (Å²) in [6.45, 7) is -0.742. The second-order valence-electron chi connectivity index (χ2n) is 6.11. The summed E-state index contributed by atoms with van der Waals surface area (Å²) in [6.07, 6.45) is -7.71. The molecule has 0 bridgehead atoms. The van der Waals surface area contributed by atoms with Crippen LogP contribution in [0.3, 0.4) is 0 Å². The molecule has 0 fully saturated rings. The molecule has 0 aromatic heterocycles. The van der Waals surface area contributed by atoms with Crippen molar-refractivity contribution in [2.75, 3.05) is 24.7 Å². The molecule has 32 heavy (non-hydrogen) atoms. The molecule has 0 spiro atoms. The Morgan fingerprint density at radius 1 is 1.16 bits per heavy atom. The molecule has 1 aliphatic rings. The van der Waals surface area contributed by atoms with Gasteiger partial charge in [0.25, 0.3) is 5.09 Å². The molecule has 0 amide bonds. The average molecular weight is 519 g/mol. The van der Waals surface area contributed by atoms with Gasteiger partial charge in [-0.15, -0.1) is 10.1 Å². The van der Waals surface area contributed by atoms with Crippen molar-refractivity contribution in [1.82, 2.24) is 0 Å². The monoisotopic (exact) mass is 519 g/mol. The lowest BCUT2D eigenvalue weighted by molar-refractivity contribution is -0.756. The van der Waals surface area contributed by atoms with Crippen molar-refractivity contribution in [3.05, 3.63) is 39.4 Å². The normalized spacial score (nSPS) is 18.4. The molecule has 1 aromatic carbocycles. The summed E-state index contributed by atoms with van der Waals surface area (Å²) in [5, 5.41) is 8.92. The van der Waals surface area contributed by atoms with Crippen molar-refractivity contribution in [1.29, 1.82) is 0 Å². The van der Waals surface area contributed by atoms with Gasteiger partial charge in [0.15, 0.2) is 0 Å². The van der Waals surface area contributed by atoms with Crippen LogP contribution in [0.15, 0.2) is 28.7 Å². The van der Waals surface area contributed by atoms with E-state index in [1.54, 1.807) is 0 Å². The number of hydrogen-bond acceptors (Lipinski definition) is 7. The van der Waals surface area contributed by atoms with Crippen molar-refractivity contribution in [2.24, 2.45) is 0 Å². The van der Waals surface area contributed by atoms with Crippen molar-refractivity contribution in [3.63, 3.8) is 0 Å². The Morgan fingerprint density at radius 2 is 1.78 bits per heavy atom. The van der Waals surface area contributed by atoms with E-state index in [9.17, 15) is 47.5 Å². The predicted molar refractivity (Wildman–Crippen MR) is 97.5 cm³/mol. The third-order valence-corrected chi connectivity index (χ3v) is 5.74. The van der Waals surface area contributed by atoms with E-state index in [2.05, 4.69) is 14.3 Å². The van der Waals surface area contributed by atoms with Gasteiger partial charge in [0.05, 0.1) is 5.57 Å². The standard InChI is InChI=1S/C15H13F8NO6S2/c16-15(17,18)13-11(14(25)28-3-5-31-6-4-29-24(26)27)8-9-7-10(1-2-12(9)30-13)32(19,20,21,22)23/h1-2,7-8,13H,3-6H2/t13-/m0/s1. The van der Waals surface area contributed by atoms with E-state index in [1.807, 2.05) is 0 Å². The number of carbonyl (C=O) groups is 1. The Hall–Kier alpha value is -2.43. The number of nitrogens with zero attached hydrogens (tertiary/aromatic N) is 1. The van der Waals surface area contributed by atoms with Gasteiger partial charge in [-0.1, -0.05) is 19.4 Å². The maximum Gasteiger partial charge on any atom is 0.430 e. The van der Waals surface area contributed by atoms with Crippen LogP contribution in [0.2, 0.25) is 0 Å². The van der Waals surface area contributed by atoms with Crippen LogP contribution in [0, 0.1) is 10.1 Å². The molecule has 0 saturated heterocycles. The third-order valence-electron chi connectivity index (χ3n) is 3.68. The quantitative estimate of drug-likeness (QED) is 0.139. The van der Waals surface area contributed by atoms with Gasteiger partial charge in [-0.25, -0.2) is 4.79 Å². The van der Waals surface area contributed by atoms with Crippen molar-refractivity contribution < 1.29 is 56.8 Å². The van der Waals surface area contributed by atoms with E-state index >= 15 is 0 Å². The SMILES string of the molecule is O=C(OCCSCCO[N+](=O)[O-])C1=Cc2cc(S(F)(F)(F)(F)F)ccc2O[C@@H]1C(F)(F)F. The lowest BCUT2D eigenvalue weighted by atomic mass is 10.0. The van der Waals surface area contributed by atoms with Crippen LogP contribution in [-0.4, -0.2) is 48.1 Å². The zero-order valence-electron chi connectivity index (χ0n) is 15.5. The highest BCUT2D eigenvalue weighted by atomic mass is 32.5. The average Bonchev–Trinajstić information content (AvgIpc) is 2.62. The van der Waals surface area contributed by atoms with Crippen molar-refractivity contribution in [3.8, 4) is 5.75 Å². The van der Waals surface area contributed by atoms with Gasteiger partial charge in [-0.2, -0.15) is 24.9 Å². The number of hydrogen-bond donors (Lipinski definition) is 0. The Balaban J connectivity index is 2.19. The highest BCUT2D eigenvalue weighted by Crippen LogP contribution is 3.02. The molecule has 1 heterocycles. The highest BCUT2D eigenvalue weighted by Gasteiger charge is 2.65. The molecular weight excluding hydrogens is 506 g/mol. The smallest absolute Gasteiger partial charge is 0.430 e. The predicted octanol–water partition coefficient (Wildman–Crippen LogP) is 5.54. The Kier molecular flexibility index (Phi) is 6.59. The number of alkyl halides is 3. The van der Waals surface area contributed by atoms with E-state index in [0.29, 0.717) is 12.1 Å². The maximum atomic E-state index is 13.3. The summed E-state index contributed by atoms with van der Waals surface area (Å²) in [7, 11) is -10.1. The van der Waals surface area contributed by atoms with Crippen LogP contribution in [0.1, 0.15) is 5.56 Å². The number of thioether (sulfide) groups is 1. The van der Waals surface area contributed by atoms with Crippen LogP contribution in [-0.2, 0) is 14.4 Å². The number of esters is 1. The van der Waals surface area contributed by atoms with Crippen LogP contribution in [0.5, 0.6) is 5.75 Å². The van der Waals surface area contributed by atoms with Gasteiger partial charge < -0.3 is 14.3 Å². The number of carbonyl (C=O) groups excluding carboxylic acids is 1. The van der Waals surface area contributed by atoms with Crippen molar-refractivity contribution in [2.45, 2.75) is 17.2 Å². The maximum absolute atomic E-state index is 13.3. The number of benzene rings is 1. The third kappa shape index (κ3) is 7.04. The Bertz CT molecular complexity index is 935. The first-order valence-electron chi connectivity index (χ1n) is 8.24. The lowest BCUT2D eigenvalue weighted by Crippen LogP contribution is -2.41. The number of fused-ring (bicyclic) bond motifs is 1. The first-order chi connectivity index (χ1) is 14.4. The topological polar surface area (TPSA) is 87.9 Å². The van der Waals surface area contributed by atoms with E-state index in [0.717, 1.165) is 11.8 Å². The fourth-order valence-electron chi connectivity index (χ4n) is 2.38. The molecule has 0 unspecified atom stereocenters. The fourth-order valence-corrected chi connectivity index (χ4v) is 3.65. The minimum Gasteiger partial charge on any atom is -0.475 e. The van der Waals surface area contributed by atoms with Gasteiger partial charge in [-0.05, 0) is 24.3 Å². The summed E-state index contributed by atoms with van der Waals surface area (Å²) in [5.74, 6) is -2.27. The second kappa shape index (κ2) is 8.17. The largest absolute Gasteiger partial charge is 0.475 e. The summed E-state index contributed by atoms with van der Waals surface area (Å²) < 4.78 is 114. The zero-order valence-corrected chi connectivity index (χ0v) is 17.1. The molecule has 0 radical (unpaired) electrons. The Labute approximate surface area is 178 Å². The molecule has 0 N–H and O–H groups in total. The molecular formula is C15H13F8NO6S2. The fraction of sp³-hybridized carbons (Fsp3) is 0.400. The lowest BCUT2D eigenvalue weighted by Gasteiger charge is -2.41. The molecule has 182 valence electrons. The first-order valence-corrected chi connectivity index (χ1v) is 11.3. The number of halogens is 8. The van der Waals surface area contributed by atoms with Crippen molar-refractivity contribution >= 4 is 34.0 Å². The highest BCUT2D eigenvalue weighted by molar-refractivity contribution is 8.45. The molecule has 2 rings (SSSR count). The van der Waals surface area contributed by atoms with Gasteiger partial charge in [-0.3, -0.25) is 0 Å². The van der Waals surface area contributed by atoms with E-state index in [4.69, 9.17) is 0 Å². The molecule has 0 aliphatic carbocycles. The van der Waals surface area contributed by atoms with Gasteiger partial charge in [0, 0.05) is 17.1 Å². The summed E-state index contributed by atoms with van der Waals surface area (Å²) >= 11 is 0.999. The Morgan fingerprint density at radius 3 is 2.34 bits per heavy atom. The summed E-state index contributed by atoms with van der Waals surface area (Å²) in [4.78, 5) is 23.7. The molecule has 1 atom stereocenters. The van der Waals surface area contributed by atoms with Crippen LogP contribution >= 0.6 is 22.0 Å². The van der Waals surface area contributed by atoms with E-state index in [-0.39, 0.29) is 30.2 Å².